The van der Waals surface area contributed by atoms with Gasteiger partial charge in [0.1, 0.15) is 6.04 Å². The van der Waals surface area contributed by atoms with Crippen molar-refractivity contribution in [2.75, 3.05) is 17.2 Å². The van der Waals surface area contributed by atoms with E-state index in [1.54, 1.807) is 6.92 Å². The molecule has 16 heavy (non-hydrogen) atoms. The van der Waals surface area contributed by atoms with Crippen molar-refractivity contribution >= 4 is 29.7 Å². The molecule has 4 N–H and O–H groups in total. The van der Waals surface area contributed by atoms with Crippen molar-refractivity contribution in [2.45, 2.75) is 19.9 Å². The first-order valence-corrected chi connectivity index (χ1v) is 4.97. The molecule has 1 aromatic carbocycles. The number of rotatable bonds is 4. The molecule has 0 aliphatic carbocycles. The number of primary amides is 1. The van der Waals surface area contributed by atoms with Gasteiger partial charge in [-0.15, -0.1) is 12.4 Å². The fraction of sp³-hybridized carbons (Fsp3) is 0.364. The minimum Gasteiger partial charge on any atom is -0.399 e. The van der Waals surface area contributed by atoms with Crippen molar-refractivity contribution in [3.8, 4) is 0 Å². The molecule has 0 aliphatic rings. The van der Waals surface area contributed by atoms with Crippen LogP contribution in [0.1, 0.15) is 13.8 Å². The number of carbonyl (C=O) groups excluding carboxylic acids is 1. The number of nitrogens with zero attached hydrogens (tertiary/aromatic N) is 1. The summed E-state index contributed by atoms with van der Waals surface area (Å²) in [6.45, 7) is 4.51. The molecule has 1 atom stereocenters. The van der Waals surface area contributed by atoms with Gasteiger partial charge in [-0.2, -0.15) is 0 Å². The Morgan fingerprint density at radius 2 is 1.88 bits per heavy atom. The van der Waals surface area contributed by atoms with Gasteiger partial charge in [-0.05, 0) is 38.1 Å². The quantitative estimate of drug-likeness (QED) is 0.785. The van der Waals surface area contributed by atoms with Gasteiger partial charge in [0, 0.05) is 17.9 Å². The van der Waals surface area contributed by atoms with Gasteiger partial charge in [0.2, 0.25) is 5.91 Å². The van der Waals surface area contributed by atoms with E-state index in [0.29, 0.717) is 5.69 Å². The lowest BCUT2D eigenvalue weighted by molar-refractivity contribution is -0.118. The van der Waals surface area contributed by atoms with Crippen molar-refractivity contribution in [1.82, 2.24) is 0 Å². The van der Waals surface area contributed by atoms with E-state index >= 15 is 0 Å². The first-order valence-electron chi connectivity index (χ1n) is 4.97. The van der Waals surface area contributed by atoms with Gasteiger partial charge in [0.25, 0.3) is 0 Å². The first-order chi connectivity index (χ1) is 7.06. The molecule has 4 nitrogen and oxygen atoms in total. The Morgan fingerprint density at radius 1 is 1.38 bits per heavy atom. The average molecular weight is 244 g/mol. The molecule has 1 unspecified atom stereocenters. The summed E-state index contributed by atoms with van der Waals surface area (Å²) in [4.78, 5) is 13.0. The molecule has 90 valence electrons. The maximum atomic E-state index is 11.1. The maximum absolute atomic E-state index is 11.1. The summed E-state index contributed by atoms with van der Waals surface area (Å²) in [6.07, 6.45) is 0. The van der Waals surface area contributed by atoms with Crippen molar-refractivity contribution in [2.24, 2.45) is 5.73 Å². The van der Waals surface area contributed by atoms with E-state index in [1.165, 1.54) is 0 Å². The van der Waals surface area contributed by atoms with Gasteiger partial charge in [-0.1, -0.05) is 0 Å². The number of anilines is 2. The van der Waals surface area contributed by atoms with E-state index < -0.39 is 0 Å². The second kappa shape index (κ2) is 6.23. The van der Waals surface area contributed by atoms with Crippen molar-refractivity contribution in [1.29, 1.82) is 0 Å². The monoisotopic (exact) mass is 243 g/mol. The van der Waals surface area contributed by atoms with E-state index in [2.05, 4.69) is 0 Å². The molecule has 0 aliphatic heterocycles. The molecule has 0 aromatic heterocycles. The van der Waals surface area contributed by atoms with Gasteiger partial charge in [-0.25, -0.2) is 0 Å². The van der Waals surface area contributed by atoms with Crippen LogP contribution in [0.5, 0.6) is 0 Å². The summed E-state index contributed by atoms with van der Waals surface area (Å²) in [5.74, 6) is -0.325. The van der Waals surface area contributed by atoms with Crippen LogP contribution in [0.4, 0.5) is 11.4 Å². The highest BCUT2D eigenvalue weighted by molar-refractivity contribution is 5.85. The summed E-state index contributed by atoms with van der Waals surface area (Å²) in [5, 5.41) is 0. The molecule has 0 saturated carbocycles. The Labute approximate surface area is 102 Å². The second-order valence-corrected chi connectivity index (χ2v) is 3.46. The van der Waals surface area contributed by atoms with E-state index in [-0.39, 0.29) is 24.4 Å². The van der Waals surface area contributed by atoms with E-state index in [1.807, 2.05) is 36.1 Å². The number of nitrogens with two attached hydrogens (primary N) is 2. The van der Waals surface area contributed by atoms with Gasteiger partial charge in [0.05, 0.1) is 0 Å². The SMILES string of the molecule is CCN(c1ccc(N)cc1)C(C)C(N)=O.Cl. The number of nitrogen functional groups attached to an aromatic ring is 1. The average Bonchev–Trinajstić information content (AvgIpc) is 2.21. The van der Waals surface area contributed by atoms with Crippen molar-refractivity contribution in [3.63, 3.8) is 0 Å². The van der Waals surface area contributed by atoms with E-state index in [0.717, 1.165) is 12.2 Å². The standard InChI is InChI=1S/C11H17N3O.ClH/c1-3-14(8(2)11(13)15)10-6-4-9(12)5-7-10;/h4-8H,3,12H2,1-2H3,(H2,13,15);1H. The summed E-state index contributed by atoms with van der Waals surface area (Å²) in [6, 6.07) is 7.09. The largest absolute Gasteiger partial charge is 0.399 e. The lowest BCUT2D eigenvalue weighted by atomic mass is 10.2. The van der Waals surface area contributed by atoms with Crippen molar-refractivity contribution in [3.05, 3.63) is 24.3 Å². The number of amides is 1. The van der Waals surface area contributed by atoms with Gasteiger partial charge < -0.3 is 16.4 Å². The van der Waals surface area contributed by atoms with E-state index in [9.17, 15) is 4.79 Å². The Morgan fingerprint density at radius 3 is 2.25 bits per heavy atom. The topological polar surface area (TPSA) is 72.3 Å². The van der Waals surface area contributed by atoms with Crippen LogP contribution in [-0.2, 0) is 4.79 Å². The van der Waals surface area contributed by atoms with Crippen LogP contribution in [0.3, 0.4) is 0 Å². The predicted octanol–water partition coefficient (Wildman–Crippen LogP) is 1.39. The number of likely N-dealkylation sites (N-methyl/N-ethyl adjacent to an activating group) is 1. The molecule has 1 aromatic rings. The highest BCUT2D eigenvalue weighted by Crippen LogP contribution is 2.18. The van der Waals surface area contributed by atoms with Crippen LogP contribution in [0.2, 0.25) is 0 Å². The number of carbonyl (C=O) groups is 1. The normalized spacial score (nSPS) is 11.4. The number of benzene rings is 1. The van der Waals surface area contributed by atoms with Crippen LogP contribution in [-0.4, -0.2) is 18.5 Å². The van der Waals surface area contributed by atoms with Crippen LogP contribution in [0.15, 0.2) is 24.3 Å². The van der Waals surface area contributed by atoms with Gasteiger partial charge in [0.15, 0.2) is 0 Å². The molecule has 0 radical (unpaired) electrons. The molecule has 0 heterocycles. The molecule has 0 fully saturated rings. The minimum absolute atomic E-state index is 0. The zero-order chi connectivity index (χ0) is 11.4. The Hall–Kier alpha value is -1.42. The molecule has 1 amide bonds. The summed E-state index contributed by atoms with van der Waals surface area (Å²) in [7, 11) is 0. The molecule has 0 spiro atoms. The predicted molar refractivity (Wildman–Crippen MR) is 69.8 cm³/mol. The Balaban J connectivity index is 0.00000225. The summed E-state index contributed by atoms with van der Waals surface area (Å²) < 4.78 is 0. The first kappa shape index (κ1) is 14.6. The lowest BCUT2D eigenvalue weighted by Crippen LogP contribution is -2.42. The number of hydrogen-bond donors (Lipinski definition) is 2. The Bertz CT molecular complexity index is 340. The molecule has 0 saturated heterocycles. The third-order valence-electron chi connectivity index (χ3n) is 2.44. The highest BCUT2D eigenvalue weighted by Gasteiger charge is 2.17. The smallest absolute Gasteiger partial charge is 0.239 e. The molecule has 1 rings (SSSR count). The van der Waals surface area contributed by atoms with Crippen molar-refractivity contribution < 1.29 is 4.79 Å². The minimum atomic E-state index is -0.325. The molecule has 5 heteroatoms. The van der Waals surface area contributed by atoms with Crippen LogP contribution >= 0.6 is 12.4 Å². The Kier molecular flexibility index (Phi) is 5.67. The highest BCUT2D eigenvalue weighted by atomic mass is 35.5. The summed E-state index contributed by atoms with van der Waals surface area (Å²) in [5.41, 5.74) is 12.5. The van der Waals surface area contributed by atoms with E-state index in [4.69, 9.17) is 11.5 Å². The number of halogens is 1. The van der Waals surface area contributed by atoms with Crippen LogP contribution in [0, 0.1) is 0 Å². The zero-order valence-corrected chi connectivity index (χ0v) is 10.3. The summed E-state index contributed by atoms with van der Waals surface area (Å²) >= 11 is 0. The fourth-order valence-electron chi connectivity index (χ4n) is 1.50. The van der Waals surface area contributed by atoms with Gasteiger partial charge >= 0.3 is 0 Å². The number of hydrogen-bond acceptors (Lipinski definition) is 3. The lowest BCUT2D eigenvalue weighted by Gasteiger charge is -2.27. The molecular formula is C11H18ClN3O. The molecular weight excluding hydrogens is 226 g/mol. The second-order valence-electron chi connectivity index (χ2n) is 3.46. The van der Waals surface area contributed by atoms with Crippen LogP contribution < -0.4 is 16.4 Å². The van der Waals surface area contributed by atoms with Gasteiger partial charge in [-0.3, -0.25) is 4.79 Å². The maximum Gasteiger partial charge on any atom is 0.239 e. The zero-order valence-electron chi connectivity index (χ0n) is 9.51. The third-order valence-corrected chi connectivity index (χ3v) is 2.44. The third kappa shape index (κ3) is 3.31. The van der Waals surface area contributed by atoms with Crippen LogP contribution in [0.25, 0.3) is 0 Å². The fourth-order valence-corrected chi connectivity index (χ4v) is 1.50. The molecule has 0 bridgehead atoms.